The summed E-state index contributed by atoms with van der Waals surface area (Å²) in [7, 11) is 1.98. The van der Waals surface area contributed by atoms with E-state index in [9.17, 15) is 4.79 Å². The summed E-state index contributed by atoms with van der Waals surface area (Å²) in [6.45, 7) is 2.41. The predicted octanol–water partition coefficient (Wildman–Crippen LogP) is 0.375. The van der Waals surface area contributed by atoms with Crippen molar-refractivity contribution in [2.24, 2.45) is 0 Å². The summed E-state index contributed by atoms with van der Waals surface area (Å²) < 4.78 is 0. The highest BCUT2D eigenvalue weighted by atomic mass is 35.5. The molecule has 1 N–H and O–H groups in total. The molecule has 0 aliphatic carbocycles. The third kappa shape index (κ3) is 3.73. The molecule has 6 heteroatoms. The summed E-state index contributed by atoms with van der Waals surface area (Å²) in [4.78, 5) is 21.8. The smallest absolute Gasteiger partial charge is 0.196 e. The van der Waals surface area contributed by atoms with Crippen LogP contribution in [-0.4, -0.2) is 53.4 Å². The van der Waals surface area contributed by atoms with Crippen LogP contribution in [0.25, 0.3) is 0 Å². The van der Waals surface area contributed by atoms with Gasteiger partial charge in [0.05, 0.1) is 12.7 Å². The number of aromatic nitrogens is 2. The highest BCUT2D eigenvalue weighted by Gasteiger charge is 2.21. The number of Topliss-reactive ketones (excluding diaryl/α,β-unsaturated/α-hetero) is 1. The van der Waals surface area contributed by atoms with Crippen molar-refractivity contribution in [1.29, 1.82) is 0 Å². The van der Waals surface area contributed by atoms with Gasteiger partial charge >= 0.3 is 0 Å². The molecule has 1 saturated heterocycles. The first kappa shape index (κ1) is 14.0. The Labute approximate surface area is 107 Å². The second-order valence-electron chi connectivity index (χ2n) is 4.08. The molecular formula is C11H17ClN4O. The number of carbonyl (C=O) groups excluding carboxylic acids is 1. The fraction of sp³-hybridized carbons (Fsp3) is 0.545. The number of nitrogens with one attached hydrogen (secondary N) is 1. The zero-order valence-electron chi connectivity index (χ0n) is 9.80. The Morgan fingerprint density at radius 3 is 3.00 bits per heavy atom. The summed E-state index contributed by atoms with van der Waals surface area (Å²) in [5.41, 5.74) is 0.445. The number of halogens is 1. The van der Waals surface area contributed by atoms with Crippen LogP contribution in [0.2, 0.25) is 0 Å². The maximum Gasteiger partial charge on any atom is 0.196 e. The van der Waals surface area contributed by atoms with E-state index in [2.05, 4.69) is 20.2 Å². The Hall–Kier alpha value is -1.04. The normalized spacial score (nSPS) is 19.1. The van der Waals surface area contributed by atoms with Gasteiger partial charge in [-0.3, -0.25) is 14.7 Å². The molecule has 0 saturated carbocycles. The van der Waals surface area contributed by atoms with Crippen molar-refractivity contribution in [2.45, 2.75) is 12.5 Å². The molecule has 1 aliphatic heterocycles. The molecule has 0 amide bonds. The molecular weight excluding hydrogens is 240 g/mol. The molecule has 94 valence electrons. The molecule has 1 atom stereocenters. The number of hydrogen-bond acceptors (Lipinski definition) is 5. The van der Waals surface area contributed by atoms with Gasteiger partial charge in [-0.1, -0.05) is 0 Å². The van der Waals surface area contributed by atoms with E-state index < -0.39 is 0 Å². The van der Waals surface area contributed by atoms with Crippen LogP contribution in [0.1, 0.15) is 16.9 Å². The lowest BCUT2D eigenvalue weighted by molar-refractivity contribution is 0.0919. The second-order valence-corrected chi connectivity index (χ2v) is 4.08. The van der Waals surface area contributed by atoms with Crippen molar-refractivity contribution in [1.82, 2.24) is 20.2 Å². The third-order valence-electron chi connectivity index (χ3n) is 2.90. The SMILES string of the molecule is CN(CC(=O)c1cnccn1)[C@H]1CCNC1.Cl. The Kier molecular flexibility index (Phi) is 5.47. The van der Waals surface area contributed by atoms with E-state index in [-0.39, 0.29) is 18.2 Å². The quantitative estimate of drug-likeness (QED) is 0.789. The number of nitrogens with zero attached hydrogens (tertiary/aromatic N) is 3. The van der Waals surface area contributed by atoms with E-state index in [4.69, 9.17) is 0 Å². The number of likely N-dealkylation sites (N-methyl/N-ethyl adjacent to an activating group) is 1. The van der Waals surface area contributed by atoms with Gasteiger partial charge in [0.1, 0.15) is 5.69 Å². The molecule has 1 aliphatic rings. The van der Waals surface area contributed by atoms with Crippen molar-refractivity contribution in [2.75, 3.05) is 26.7 Å². The lowest BCUT2D eigenvalue weighted by atomic mass is 10.2. The predicted molar refractivity (Wildman–Crippen MR) is 67.5 cm³/mol. The van der Waals surface area contributed by atoms with Gasteiger partial charge in [0, 0.05) is 25.0 Å². The third-order valence-corrected chi connectivity index (χ3v) is 2.90. The minimum atomic E-state index is 0. The zero-order chi connectivity index (χ0) is 11.4. The average Bonchev–Trinajstić information content (AvgIpc) is 2.83. The van der Waals surface area contributed by atoms with Crippen molar-refractivity contribution < 1.29 is 4.79 Å². The summed E-state index contributed by atoms with van der Waals surface area (Å²) in [6.07, 6.45) is 5.74. The minimum Gasteiger partial charge on any atom is -0.315 e. The van der Waals surface area contributed by atoms with E-state index >= 15 is 0 Å². The first-order valence-corrected chi connectivity index (χ1v) is 5.47. The molecule has 2 rings (SSSR count). The van der Waals surface area contributed by atoms with Crippen LogP contribution in [0.3, 0.4) is 0 Å². The van der Waals surface area contributed by atoms with Crippen LogP contribution in [0.5, 0.6) is 0 Å². The van der Waals surface area contributed by atoms with Gasteiger partial charge in [0.15, 0.2) is 5.78 Å². The van der Waals surface area contributed by atoms with E-state index in [1.807, 2.05) is 7.05 Å². The lowest BCUT2D eigenvalue weighted by Crippen LogP contribution is -2.37. The van der Waals surface area contributed by atoms with E-state index in [1.54, 1.807) is 12.4 Å². The topological polar surface area (TPSA) is 58.1 Å². The maximum absolute atomic E-state index is 11.8. The van der Waals surface area contributed by atoms with Crippen molar-refractivity contribution >= 4 is 18.2 Å². The Bertz CT molecular complexity index is 354. The largest absolute Gasteiger partial charge is 0.315 e. The summed E-state index contributed by atoms with van der Waals surface area (Å²) in [6, 6.07) is 0.459. The lowest BCUT2D eigenvalue weighted by Gasteiger charge is -2.22. The van der Waals surface area contributed by atoms with E-state index in [0.717, 1.165) is 19.5 Å². The summed E-state index contributed by atoms with van der Waals surface area (Å²) >= 11 is 0. The van der Waals surface area contributed by atoms with Crippen LogP contribution in [0.4, 0.5) is 0 Å². The molecule has 0 bridgehead atoms. The summed E-state index contributed by atoms with van der Waals surface area (Å²) in [5.74, 6) is 0.0301. The van der Waals surface area contributed by atoms with E-state index in [1.165, 1.54) is 6.20 Å². The highest BCUT2D eigenvalue weighted by Crippen LogP contribution is 2.06. The molecule has 0 aromatic carbocycles. The molecule has 17 heavy (non-hydrogen) atoms. The molecule has 5 nitrogen and oxygen atoms in total. The van der Waals surface area contributed by atoms with Crippen LogP contribution >= 0.6 is 12.4 Å². The van der Waals surface area contributed by atoms with E-state index in [0.29, 0.717) is 18.3 Å². The van der Waals surface area contributed by atoms with Crippen molar-refractivity contribution in [3.05, 3.63) is 24.3 Å². The van der Waals surface area contributed by atoms with Gasteiger partial charge in [0.25, 0.3) is 0 Å². The zero-order valence-corrected chi connectivity index (χ0v) is 10.6. The molecule has 1 aromatic rings. The first-order chi connectivity index (χ1) is 7.77. The standard InChI is InChI=1S/C11H16N4O.ClH/c1-15(9-2-3-12-6-9)8-11(16)10-7-13-4-5-14-10;/h4-5,7,9,12H,2-3,6,8H2,1H3;1H/t9-;/m0./s1. The average molecular weight is 257 g/mol. The van der Waals surface area contributed by atoms with Crippen molar-refractivity contribution in [3.63, 3.8) is 0 Å². The highest BCUT2D eigenvalue weighted by molar-refractivity contribution is 5.95. The maximum atomic E-state index is 11.8. The Morgan fingerprint density at radius 1 is 1.59 bits per heavy atom. The van der Waals surface area contributed by atoms with Crippen LogP contribution in [-0.2, 0) is 0 Å². The number of ketones is 1. The van der Waals surface area contributed by atoms with Gasteiger partial charge in [-0.25, -0.2) is 4.98 Å². The molecule has 2 heterocycles. The number of hydrogen-bond donors (Lipinski definition) is 1. The molecule has 1 aromatic heterocycles. The van der Waals surface area contributed by atoms with Gasteiger partial charge in [0.2, 0.25) is 0 Å². The minimum absolute atomic E-state index is 0. The first-order valence-electron chi connectivity index (χ1n) is 5.47. The van der Waals surface area contributed by atoms with Gasteiger partial charge < -0.3 is 5.32 Å². The number of carbonyl (C=O) groups is 1. The Balaban J connectivity index is 0.00000144. The van der Waals surface area contributed by atoms with Crippen molar-refractivity contribution in [3.8, 4) is 0 Å². The van der Waals surface area contributed by atoms with Gasteiger partial charge in [-0.2, -0.15) is 0 Å². The fourth-order valence-electron chi connectivity index (χ4n) is 1.90. The van der Waals surface area contributed by atoms with Crippen LogP contribution in [0, 0.1) is 0 Å². The van der Waals surface area contributed by atoms with Crippen LogP contribution < -0.4 is 5.32 Å². The Morgan fingerprint density at radius 2 is 2.41 bits per heavy atom. The fourth-order valence-corrected chi connectivity index (χ4v) is 1.90. The van der Waals surface area contributed by atoms with Gasteiger partial charge in [-0.05, 0) is 20.0 Å². The number of rotatable bonds is 4. The van der Waals surface area contributed by atoms with Crippen LogP contribution in [0.15, 0.2) is 18.6 Å². The molecule has 0 unspecified atom stereocenters. The molecule has 1 fully saturated rings. The van der Waals surface area contributed by atoms with Gasteiger partial charge in [-0.15, -0.1) is 12.4 Å². The molecule has 0 spiro atoms. The second kappa shape index (κ2) is 6.64. The molecule has 0 radical (unpaired) electrons. The monoisotopic (exact) mass is 256 g/mol. The summed E-state index contributed by atoms with van der Waals surface area (Å²) in [5, 5.41) is 3.29.